The molecule has 0 atom stereocenters. The van der Waals surface area contributed by atoms with Crippen LogP contribution in [0, 0.1) is 0 Å². The minimum absolute atomic E-state index is 0. The molecule has 0 aromatic heterocycles. The predicted molar refractivity (Wildman–Crippen MR) is 117 cm³/mol. The molecule has 0 aromatic rings. The number of hydrogen-bond acceptors (Lipinski definition) is 0. The van der Waals surface area contributed by atoms with E-state index in [0.29, 0.717) is 0 Å². The third kappa shape index (κ3) is 15.2. The number of nitrogens with zero attached hydrogens (tertiary/aromatic N) is 1. The first-order valence-corrected chi connectivity index (χ1v) is 12.4. The van der Waals surface area contributed by atoms with Crippen molar-refractivity contribution in [1.82, 2.24) is 0 Å². The van der Waals surface area contributed by atoms with Crippen molar-refractivity contribution in [2.45, 2.75) is 111 Å². The fraction of sp³-hybridized carbons (Fsp3) is 1.00. The van der Waals surface area contributed by atoms with Crippen molar-refractivity contribution in [2.75, 3.05) is 45.8 Å². The van der Waals surface area contributed by atoms with Gasteiger partial charge in [0.1, 0.15) is 26.2 Å². The van der Waals surface area contributed by atoms with Gasteiger partial charge >= 0.3 is 0 Å². The van der Waals surface area contributed by atoms with Crippen LogP contribution in [0.4, 0.5) is 0 Å². The summed E-state index contributed by atoms with van der Waals surface area (Å²) in [5.74, 6) is 0. The number of unbranched alkanes of at least 4 members (excludes halogenated alkanes) is 13. The Labute approximate surface area is 212 Å². The van der Waals surface area contributed by atoms with E-state index in [1.165, 1.54) is 140 Å². The van der Waals surface area contributed by atoms with Gasteiger partial charge in [-0.2, -0.15) is 0 Å². The van der Waals surface area contributed by atoms with E-state index in [2.05, 4.69) is 20.8 Å². The van der Waals surface area contributed by atoms with Crippen molar-refractivity contribution < 1.29 is 57.3 Å². The van der Waals surface area contributed by atoms with Gasteiger partial charge in [0.15, 0.2) is 0 Å². The van der Waals surface area contributed by atoms with Crippen LogP contribution in [-0.2, 0) is 0 Å². The van der Waals surface area contributed by atoms with Crippen LogP contribution in [0.2, 0.25) is 0 Å². The lowest BCUT2D eigenvalue weighted by Crippen LogP contribution is -3.15. The summed E-state index contributed by atoms with van der Waals surface area (Å²) in [4.78, 5) is 1.83. The highest BCUT2D eigenvalue weighted by Gasteiger charge is 2.32. The van der Waals surface area contributed by atoms with Crippen LogP contribution in [0.3, 0.4) is 0 Å². The van der Waals surface area contributed by atoms with Crippen LogP contribution in [0.1, 0.15) is 111 Å². The fourth-order valence-corrected chi connectivity index (χ4v) is 4.72. The number of likely N-dealkylation sites (N-methyl/N-ethyl adjacent to an activating group) is 2. The van der Waals surface area contributed by atoms with E-state index in [9.17, 15) is 0 Å². The Balaban J connectivity index is 0. The minimum atomic E-state index is 0. The van der Waals surface area contributed by atoms with Gasteiger partial charge in [0.2, 0.25) is 0 Å². The molecule has 1 aliphatic rings. The highest BCUT2D eigenvalue weighted by Crippen LogP contribution is 2.15. The molecule has 0 amide bonds. The van der Waals surface area contributed by atoms with Gasteiger partial charge in [-0.1, -0.05) is 84.0 Å². The van der Waals surface area contributed by atoms with E-state index in [-0.39, 0.29) is 48.0 Å². The van der Waals surface area contributed by atoms with E-state index in [1.807, 2.05) is 4.90 Å². The molecule has 0 saturated carbocycles. The molecule has 4 heteroatoms. The van der Waals surface area contributed by atoms with Crippen LogP contribution in [-0.4, -0.2) is 50.3 Å². The molecule has 172 valence electrons. The van der Waals surface area contributed by atoms with Gasteiger partial charge in [0, 0.05) is 0 Å². The number of nitrogens with one attached hydrogen (secondary N) is 1. The maximum atomic E-state index is 2.42. The van der Waals surface area contributed by atoms with Gasteiger partial charge in [-0.05, 0) is 26.7 Å². The molecule has 0 bridgehead atoms. The zero-order chi connectivity index (χ0) is 18.9. The summed E-state index contributed by atoms with van der Waals surface area (Å²) < 4.78 is 1.42. The second-order valence-corrected chi connectivity index (χ2v) is 9.03. The smallest absolute Gasteiger partial charge is 0.129 e. The Kier molecular flexibility index (Phi) is 24.4. The number of piperazine rings is 1. The zero-order valence-corrected chi connectivity index (χ0v) is 23.9. The van der Waals surface area contributed by atoms with Gasteiger partial charge < -0.3 is 57.3 Å². The van der Waals surface area contributed by atoms with Crippen LogP contribution in [0.25, 0.3) is 0 Å². The molecule has 0 radical (unpaired) electrons. The largest absolute Gasteiger partial charge is 1.00 e. The average molecular weight is 623 g/mol. The Hall–Kier alpha value is 1.38. The molecule has 28 heavy (non-hydrogen) atoms. The van der Waals surface area contributed by atoms with E-state index in [1.54, 1.807) is 0 Å². The Morgan fingerprint density at radius 3 is 1.32 bits per heavy atom. The molecule has 0 aromatic carbocycles. The van der Waals surface area contributed by atoms with E-state index < -0.39 is 0 Å². The van der Waals surface area contributed by atoms with Crippen LogP contribution >= 0.6 is 0 Å². The van der Waals surface area contributed by atoms with E-state index in [4.69, 9.17) is 0 Å². The van der Waals surface area contributed by atoms with E-state index in [0.717, 1.165) is 0 Å². The lowest BCUT2D eigenvalue weighted by atomic mass is 10.0. The van der Waals surface area contributed by atoms with Crippen molar-refractivity contribution in [1.29, 1.82) is 0 Å². The monoisotopic (exact) mass is 622 g/mol. The third-order valence-corrected chi connectivity index (χ3v) is 7.04. The van der Waals surface area contributed by atoms with Crippen LogP contribution in [0.5, 0.6) is 0 Å². The molecule has 1 N–H and O–H groups in total. The Morgan fingerprint density at radius 2 is 0.964 bits per heavy atom. The molecule has 1 fully saturated rings. The third-order valence-electron chi connectivity index (χ3n) is 7.04. The lowest BCUT2D eigenvalue weighted by molar-refractivity contribution is -1.02. The number of rotatable bonds is 17. The zero-order valence-electron chi connectivity index (χ0n) is 19.6. The van der Waals surface area contributed by atoms with Crippen LogP contribution < -0.4 is 52.9 Å². The van der Waals surface area contributed by atoms with Gasteiger partial charge in [-0.25, -0.2) is 0 Å². The first kappa shape index (κ1) is 31.6. The maximum Gasteiger partial charge on any atom is 0.129 e. The molecule has 1 heterocycles. The summed E-state index contributed by atoms with van der Waals surface area (Å²) in [6, 6.07) is 0. The Bertz CT molecular complexity index is 305. The van der Waals surface area contributed by atoms with Gasteiger partial charge in [0.05, 0.1) is 19.6 Å². The van der Waals surface area contributed by atoms with Crippen molar-refractivity contribution in [3.63, 3.8) is 0 Å². The summed E-state index contributed by atoms with van der Waals surface area (Å²) in [5, 5.41) is 0. The molecule has 1 rings (SSSR count). The number of quaternary nitrogens is 2. The van der Waals surface area contributed by atoms with Gasteiger partial charge in [-0.3, -0.25) is 0 Å². The van der Waals surface area contributed by atoms with Crippen molar-refractivity contribution in [2.24, 2.45) is 0 Å². The maximum absolute atomic E-state index is 2.42. The first-order valence-electron chi connectivity index (χ1n) is 12.4. The number of halogens is 2. The molecule has 1 saturated heterocycles. The molecule has 0 unspecified atom stereocenters. The summed E-state index contributed by atoms with van der Waals surface area (Å²) in [5.41, 5.74) is 0. The van der Waals surface area contributed by atoms with Crippen molar-refractivity contribution in [3.8, 4) is 0 Å². The highest BCUT2D eigenvalue weighted by molar-refractivity contribution is 4.52. The van der Waals surface area contributed by atoms with Crippen molar-refractivity contribution >= 4 is 0 Å². The second-order valence-electron chi connectivity index (χ2n) is 9.03. The minimum Gasteiger partial charge on any atom is -1.00 e. The topological polar surface area (TPSA) is 4.44 Å². The summed E-state index contributed by atoms with van der Waals surface area (Å²) in [6.07, 6.45) is 20.6. The van der Waals surface area contributed by atoms with Gasteiger partial charge in [-0.15, -0.1) is 0 Å². The van der Waals surface area contributed by atoms with Crippen LogP contribution in [0.15, 0.2) is 0 Å². The number of hydrogen-bond donors (Lipinski definition) is 1. The standard InChI is InChI=1S/C24H51N2.2HI/c1-4-7-8-9-10-11-12-13-14-15-16-17-18-19-22-26(6-3)23-20-25(5-2)21-24-26;;/h4-24H2,1-3H3;2*1H/q+1;;/p-1. The molecule has 0 aliphatic carbocycles. The van der Waals surface area contributed by atoms with Gasteiger partial charge in [0.25, 0.3) is 0 Å². The quantitative estimate of drug-likeness (QED) is 0.124. The fourth-order valence-electron chi connectivity index (χ4n) is 4.72. The van der Waals surface area contributed by atoms with Crippen molar-refractivity contribution in [3.05, 3.63) is 0 Å². The lowest BCUT2D eigenvalue weighted by Gasteiger charge is -2.42. The predicted octanol–water partition coefficient (Wildman–Crippen LogP) is -0.769. The first-order chi connectivity index (χ1) is 12.8. The Morgan fingerprint density at radius 1 is 0.571 bits per heavy atom. The summed E-state index contributed by atoms with van der Waals surface area (Å²) >= 11 is 0. The molecular weight excluding hydrogens is 570 g/mol. The second kappa shape index (κ2) is 21.6. The normalized spacial score (nSPS) is 21.8. The van der Waals surface area contributed by atoms with E-state index >= 15 is 0 Å². The molecule has 1 aliphatic heterocycles. The molecular formula is C24H52I2N2. The average Bonchev–Trinajstić information content (AvgIpc) is 2.68. The molecule has 2 nitrogen and oxygen atoms in total. The highest BCUT2D eigenvalue weighted by atomic mass is 127. The SMILES string of the molecule is CCCCCCCCCCCCCCCC[N+]1(CC)CC[NH+](CC)CC1.[I-].[I-]. The summed E-state index contributed by atoms with van der Waals surface area (Å²) in [6.45, 7) is 16.9. The summed E-state index contributed by atoms with van der Waals surface area (Å²) in [7, 11) is 0. The molecule has 0 spiro atoms.